The largest absolute Gasteiger partial charge is 0.442 e. The molecule has 3 aromatic carbocycles. The quantitative estimate of drug-likeness (QED) is 0.0916. The van der Waals surface area contributed by atoms with Crippen LogP contribution in [-0.2, 0) is 58.3 Å². The standard InChI is InChI=1S/C18H19FN4O5S.C12H11BrN2O2S.C6H4BrClO2S.C6H8N2/c1-12(24)21-10-15-11-23(18(25)28-15)14-2-3-17(16(19)8-14)29(26,27)22-9-13-4-6-20-7-5-13;13-11-1-3-12(4-2-11)18(16,17)15-9-10-5-7-14-8-6-10;7-5-1-3-6(4-2-5)11(8,9)10;7-5-6-1-3-8-4-2-6/h2-8,15,22H,9-11H2,1H3,(H,21,24);1-8,15H,9H2;1-4H;1-4H,5,7H2/t15-;;;/m0.../s1. The van der Waals surface area contributed by atoms with Crippen molar-refractivity contribution in [3.63, 3.8) is 0 Å². The number of hydrogen-bond donors (Lipinski definition) is 4. The summed E-state index contributed by atoms with van der Waals surface area (Å²) in [7, 11) is -6.07. The fourth-order valence-corrected chi connectivity index (χ4v) is 8.61. The highest BCUT2D eigenvalue weighted by Crippen LogP contribution is 2.26. The maximum absolute atomic E-state index is 14.5. The number of nitrogens with one attached hydrogen (secondary N) is 3. The van der Waals surface area contributed by atoms with Gasteiger partial charge in [-0.2, -0.15) is 0 Å². The van der Waals surface area contributed by atoms with Crippen molar-refractivity contribution in [2.24, 2.45) is 5.73 Å². The molecule has 1 aliphatic heterocycles. The van der Waals surface area contributed by atoms with Crippen molar-refractivity contribution in [3.8, 4) is 0 Å². The number of amides is 2. The van der Waals surface area contributed by atoms with Crippen molar-refractivity contribution in [1.29, 1.82) is 0 Å². The first-order chi connectivity index (χ1) is 31.3. The zero-order valence-electron chi connectivity index (χ0n) is 34.7. The predicted molar refractivity (Wildman–Crippen MR) is 253 cm³/mol. The van der Waals surface area contributed by atoms with E-state index in [0.29, 0.717) is 12.1 Å². The molecule has 24 heteroatoms. The van der Waals surface area contributed by atoms with Crippen molar-refractivity contribution < 1.29 is 44.0 Å². The molecule has 0 aliphatic carbocycles. The first-order valence-corrected chi connectivity index (χ1v) is 26.0. The summed E-state index contributed by atoms with van der Waals surface area (Å²) >= 11 is 6.44. The number of carbonyl (C=O) groups excluding carboxylic acids is 2. The average molecular weight is 1110 g/mol. The van der Waals surface area contributed by atoms with Gasteiger partial charge in [0.05, 0.1) is 28.6 Å². The van der Waals surface area contributed by atoms with Gasteiger partial charge in [-0.15, -0.1) is 0 Å². The van der Waals surface area contributed by atoms with Crippen molar-refractivity contribution in [3.05, 3.63) is 172 Å². The number of halogens is 4. The van der Waals surface area contributed by atoms with E-state index in [1.807, 2.05) is 12.1 Å². The van der Waals surface area contributed by atoms with E-state index in [1.165, 1.54) is 42.4 Å². The number of carbonyl (C=O) groups is 2. The smallest absolute Gasteiger partial charge is 0.414 e. The summed E-state index contributed by atoms with van der Waals surface area (Å²) in [6.45, 7) is 2.40. The molecule has 7 rings (SSSR count). The topological polar surface area (TPSA) is 250 Å². The number of cyclic esters (lactones) is 1. The maximum atomic E-state index is 14.5. The molecule has 1 saturated heterocycles. The second kappa shape index (κ2) is 25.6. The van der Waals surface area contributed by atoms with Gasteiger partial charge in [-0.25, -0.2) is 43.9 Å². The van der Waals surface area contributed by atoms with E-state index in [1.54, 1.807) is 85.5 Å². The molecule has 1 fully saturated rings. The van der Waals surface area contributed by atoms with Gasteiger partial charge in [0.1, 0.15) is 16.8 Å². The van der Waals surface area contributed by atoms with E-state index in [0.717, 1.165) is 32.2 Å². The van der Waals surface area contributed by atoms with Crippen LogP contribution in [0, 0.1) is 5.82 Å². The van der Waals surface area contributed by atoms with E-state index in [4.69, 9.17) is 21.2 Å². The van der Waals surface area contributed by atoms with E-state index in [9.17, 15) is 39.2 Å². The Kier molecular flexibility index (Phi) is 20.7. The number of nitrogens with zero attached hydrogens (tertiary/aromatic N) is 4. The lowest BCUT2D eigenvalue weighted by molar-refractivity contribution is -0.119. The summed E-state index contributed by atoms with van der Waals surface area (Å²) in [6, 6.07) is 26.6. The Morgan fingerprint density at radius 2 is 1.18 bits per heavy atom. The molecular weight excluding hydrogens is 1070 g/mol. The number of ether oxygens (including phenoxy) is 1. The van der Waals surface area contributed by atoms with Gasteiger partial charge in [-0.05, 0) is 120 Å². The molecule has 1 aliphatic rings. The Morgan fingerprint density at radius 3 is 1.61 bits per heavy atom. The van der Waals surface area contributed by atoms with Gasteiger partial charge < -0.3 is 15.8 Å². The summed E-state index contributed by atoms with van der Waals surface area (Å²) in [5.74, 6) is -1.26. The second-order valence-corrected chi connectivity index (χ2v) is 21.3. The minimum Gasteiger partial charge on any atom is -0.442 e. The highest BCUT2D eigenvalue weighted by Gasteiger charge is 2.33. The number of pyridine rings is 3. The van der Waals surface area contributed by atoms with Crippen LogP contribution in [0.4, 0.5) is 14.9 Å². The molecule has 17 nitrogen and oxygen atoms in total. The Bertz CT molecular complexity index is 2850. The molecule has 66 heavy (non-hydrogen) atoms. The number of sulfonamides is 2. The third kappa shape index (κ3) is 17.9. The fraction of sp³-hybridized carbons (Fsp3) is 0.167. The molecule has 5 N–H and O–H groups in total. The minimum absolute atomic E-state index is 0.0185. The summed E-state index contributed by atoms with van der Waals surface area (Å²) < 4.78 is 96.3. The summed E-state index contributed by atoms with van der Waals surface area (Å²) in [5.41, 5.74) is 8.14. The van der Waals surface area contributed by atoms with E-state index < -0.39 is 52.0 Å². The van der Waals surface area contributed by atoms with Gasteiger partial charge >= 0.3 is 6.09 Å². The van der Waals surface area contributed by atoms with E-state index in [2.05, 4.69) is 61.6 Å². The molecule has 0 saturated carbocycles. The van der Waals surface area contributed by atoms with Gasteiger partial charge in [0.2, 0.25) is 26.0 Å². The van der Waals surface area contributed by atoms with Crippen LogP contribution in [0.3, 0.4) is 0 Å². The van der Waals surface area contributed by atoms with E-state index in [-0.39, 0.29) is 47.6 Å². The summed E-state index contributed by atoms with van der Waals surface area (Å²) in [5, 5.41) is 2.54. The Hall–Kier alpha value is -5.24. The third-order valence-corrected chi connectivity index (χ3v) is 13.9. The van der Waals surface area contributed by atoms with Gasteiger partial charge in [0.15, 0.2) is 0 Å². The van der Waals surface area contributed by atoms with Crippen LogP contribution in [0.15, 0.2) is 164 Å². The fourth-order valence-electron chi connectivity index (χ4n) is 5.22. The average Bonchev–Trinajstić information content (AvgIpc) is 3.68. The molecule has 6 aromatic rings. The van der Waals surface area contributed by atoms with Gasteiger partial charge in [0, 0.05) is 83.4 Å². The molecule has 1 atom stereocenters. The van der Waals surface area contributed by atoms with Crippen molar-refractivity contribution in [1.82, 2.24) is 29.7 Å². The van der Waals surface area contributed by atoms with Gasteiger partial charge in [0.25, 0.3) is 9.05 Å². The number of anilines is 1. The highest BCUT2D eigenvalue weighted by molar-refractivity contribution is 9.10. The first-order valence-electron chi connectivity index (χ1n) is 19.1. The zero-order valence-corrected chi connectivity index (χ0v) is 41.0. The van der Waals surface area contributed by atoms with Crippen molar-refractivity contribution in [2.75, 3.05) is 18.0 Å². The van der Waals surface area contributed by atoms with Crippen LogP contribution in [0.1, 0.15) is 23.6 Å². The van der Waals surface area contributed by atoms with Gasteiger partial charge in [-0.1, -0.05) is 31.9 Å². The molecule has 0 radical (unpaired) electrons. The second-order valence-electron chi connectivity index (χ2n) is 13.4. The maximum Gasteiger partial charge on any atom is 0.414 e. The minimum atomic E-state index is -4.10. The third-order valence-electron chi connectivity index (χ3n) is 8.60. The SMILES string of the molecule is CC(=O)NC[C@H]1CN(c2ccc(S(=O)(=O)NCc3ccncc3)c(F)c2)C(=O)O1.NCc1ccncc1.O=S(=O)(Cl)c1ccc(Br)cc1.O=S(=O)(NCc1ccncc1)c1ccc(Br)cc1. The Labute approximate surface area is 403 Å². The Morgan fingerprint density at radius 1 is 0.727 bits per heavy atom. The zero-order chi connectivity index (χ0) is 48.3. The van der Waals surface area contributed by atoms with Crippen molar-refractivity contribution >= 4 is 89.3 Å². The number of nitrogens with two attached hydrogens (primary N) is 1. The van der Waals surface area contributed by atoms with Crippen LogP contribution >= 0.6 is 42.5 Å². The number of hydrogen-bond acceptors (Lipinski definition) is 13. The van der Waals surface area contributed by atoms with E-state index >= 15 is 0 Å². The highest BCUT2D eigenvalue weighted by atomic mass is 79.9. The number of benzene rings is 3. The summed E-state index contributed by atoms with van der Waals surface area (Å²) in [4.78, 5) is 35.6. The van der Waals surface area contributed by atoms with Crippen LogP contribution < -0.4 is 25.4 Å². The molecular formula is C42H42Br2ClFN8O9S3. The molecule has 0 spiro atoms. The van der Waals surface area contributed by atoms with Crippen LogP contribution in [0.5, 0.6) is 0 Å². The molecule has 4 heterocycles. The molecule has 0 bridgehead atoms. The first kappa shape index (κ1) is 53.4. The Balaban J connectivity index is 0.000000217. The number of rotatable bonds is 13. The van der Waals surface area contributed by atoms with Gasteiger partial charge in [-0.3, -0.25) is 24.6 Å². The predicted octanol–water partition coefficient (Wildman–Crippen LogP) is 6.40. The lowest BCUT2D eigenvalue weighted by atomic mass is 10.2. The molecule has 350 valence electrons. The lowest BCUT2D eigenvalue weighted by Crippen LogP contribution is -2.33. The monoisotopic (exact) mass is 1110 g/mol. The van der Waals surface area contributed by atoms with Crippen LogP contribution in [0.25, 0.3) is 0 Å². The van der Waals surface area contributed by atoms with Crippen LogP contribution in [0.2, 0.25) is 0 Å². The number of aromatic nitrogens is 3. The van der Waals surface area contributed by atoms with Crippen molar-refractivity contribution in [2.45, 2.75) is 47.3 Å². The summed E-state index contributed by atoms with van der Waals surface area (Å²) in [6.07, 6.45) is 8.49. The lowest BCUT2D eigenvalue weighted by Gasteiger charge is -2.15. The molecule has 3 aromatic heterocycles. The molecule has 0 unspecified atom stereocenters. The normalized spacial score (nSPS) is 13.4. The van der Waals surface area contributed by atoms with Crippen LogP contribution in [-0.4, -0.2) is 71.4 Å². The molecule has 2 amide bonds.